The molecule has 3 aromatic carbocycles. The van der Waals surface area contributed by atoms with Crippen molar-refractivity contribution in [2.45, 2.75) is 72.4 Å². The summed E-state index contributed by atoms with van der Waals surface area (Å²) in [5.41, 5.74) is 3.25. The van der Waals surface area contributed by atoms with Crippen LogP contribution in [-0.4, -0.2) is 77.8 Å². The zero-order valence-corrected chi connectivity index (χ0v) is 32.0. The molecule has 0 unspecified atom stereocenters. The molecule has 3 rings (SSSR count). The molecule has 0 aliphatic heterocycles. The predicted molar refractivity (Wildman–Crippen MR) is 204 cm³/mol. The Morgan fingerprint density at radius 3 is 1.31 bits per heavy atom. The molecule has 54 heavy (non-hydrogen) atoms. The van der Waals surface area contributed by atoms with E-state index in [0.29, 0.717) is 28.1 Å². The second-order valence-corrected chi connectivity index (χ2v) is 14.1. The first-order valence-electron chi connectivity index (χ1n) is 17.1. The van der Waals surface area contributed by atoms with Crippen LogP contribution in [0.25, 0.3) is 0 Å². The van der Waals surface area contributed by atoms with Crippen LogP contribution >= 0.6 is 0 Å². The summed E-state index contributed by atoms with van der Waals surface area (Å²) >= 11 is 0. The van der Waals surface area contributed by atoms with Gasteiger partial charge in [0, 0.05) is 49.7 Å². The number of hydrogen-bond donors (Lipinski definition) is 3. The average Bonchev–Trinajstić information content (AvgIpc) is 3.08. The average molecular weight is 741 g/mol. The van der Waals surface area contributed by atoms with Crippen LogP contribution in [0.15, 0.2) is 66.7 Å². The number of rotatable bonds is 9. The minimum atomic E-state index is -0.610. The quantitative estimate of drug-likeness (QED) is 0.154. The Balaban J connectivity index is 1.45. The van der Waals surface area contributed by atoms with Crippen molar-refractivity contribution in [2.75, 3.05) is 37.9 Å². The Morgan fingerprint density at radius 1 is 0.611 bits per heavy atom. The highest BCUT2D eigenvalue weighted by Gasteiger charge is 2.18. The van der Waals surface area contributed by atoms with E-state index in [1.165, 1.54) is 9.80 Å². The van der Waals surface area contributed by atoms with Crippen LogP contribution in [0, 0.1) is 23.7 Å². The lowest BCUT2D eigenvalue weighted by atomic mass is 10.1. The highest BCUT2D eigenvalue weighted by atomic mass is 16.6. The second kappa shape index (κ2) is 19.6. The Morgan fingerprint density at radius 2 is 0.981 bits per heavy atom. The molecule has 0 aliphatic carbocycles. The molecular weight excluding hydrogens is 692 g/mol. The van der Waals surface area contributed by atoms with Crippen LogP contribution in [-0.2, 0) is 38.6 Å². The van der Waals surface area contributed by atoms with Crippen molar-refractivity contribution >= 4 is 35.7 Å². The van der Waals surface area contributed by atoms with Gasteiger partial charge in [-0.05, 0) is 101 Å². The number of nitrogens with one attached hydrogen (secondary N) is 2. The fraction of sp³-hybridized carbons (Fsp3) is 0.366. The molecule has 0 bridgehead atoms. The van der Waals surface area contributed by atoms with Gasteiger partial charge in [-0.25, -0.2) is 19.2 Å². The minimum absolute atomic E-state index is 0.164. The number of anilines is 2. The van der Waals surface area contributed by atoms with Gasteiger partial charge in [0.25, 0.3) is 0 Å². The molecule has 13 heteroatoms. The third-order valence-electron chi connectivity index (χ3n) is 6.84. The molecule has 0 fully saturated rings. The molecule has 3 aromatic rings. The number of aliphatic hydroxyl groups is 1. The van der Waals surface area contributed by atoms with Gasteiger partial charge in [0.1, 0.15) is 11.2 Å². The summed E-state index contributed by atoms with van der Waals surface area (Å²) in [5, 5.41) is 15.1. The molecule has 0 radical (unpaired) electrons. The van der Waals surface area contributed by atoms with E-state index in [9.17, 15) is 24.3 Å². The van der Waals surface area contributed by atoms with Gasteiger partial charge >= 0.3 is 24.4 Å². The van der Waals surface area contributed by atoms with Crippen molar-refractivity contribution in [3.8, 4) is 23.7 Å². The summed E-state index contributed by atoms with van der Waals surface area (Å²) in [7, 11) is 3.20. The van der Waals surface area contributed by atoms with Crippen LogP contribution in [0.1, 0.15) is 69.4 Å². The van der Waals surface area contributed by atoms with Gasteiger partial charge in [-0.2, -0.15) is 0 Å². The van der Waals surface area contributed by atoms with Gasteiger partial charge in [0.15, 0.2) is 13.2 Å². The summed E-state index contributed by atoms with van der Waals surface area (Å²) in [5.74, 6) is 11.4. The molecule has 0 atom stereocenters. The summed E-state index contributed by atoms with van der Waals surface area (Å²) in [4.78, 5) is 51.8. The third-order valence-corrected chi connectivity index (χ3v) is 6.84. The number of ether oxygens (including phenoxy) is 4. The van der Waals surface area contributed by atoms with Crippen LogP contribution in [0.3, 0.4) is 0 Å². The van der Waals surface area contributed by atoms with Crippen molar-refractivity contribution in [3.63, 3.8) is 0 Å². The van der Waals surface area contributed by atoms with Crippen LogP contribution in [0.5, 0.6) is 0 Å². The SMILES string of the molecule is CN(Cc1ccc(NC(=O)OC(C)(C)C)cc1)C(=O)OCC#Cc1cc(C#CCOC(=O)N(C)Cc2ccc(NC(=O)OC(C)(C)C)cc2)cc(CO)c1. The monoisotopic (exact) mass is 740 g/mol. The fourth-order valence-electron chi connectivity index (χ4n) is 4.53. The first-order chi connectivity index (χ1) is 25.4. The molecule has 0 aliphatic rings. The molecule has 3 N–H and O–H groups in total. The van der Waals surface area contributed by atoms with E-state index < -0.39 is 35.6 Å². The Kier molecular flexibility index (Phi) is 15.3. The predicted octanol–water partition coefficient (Wildman–Crippen LogP) is 7.11. The maximum atomic E-state index is 12.5. The number of carbonyl (C=O) groups excluding carboxylic acids is 4. The maximum Gasteiger partial charge on any atom is 0.412 e. The van der Waals surface area contributed by atoms with Crippen molar-refractivity contribution in [3.05, 3.63) is 94.5 Å². The number of benzene rings is 3. The summed E-state index contributed by atoms with van der Waals surface area (Å²) in [6.07, 6.45) is -2.25. The van der Waals surface area contributed by atoms with Gasteiger partial charge in [0.05, 0.1) is 6.61 Å². The van der Waals surface area contributed by atoms with Crippen LogP contribution in [0.4, 0.5) is 30.6 Å². The van der Waals surface area contributed by atoms with Gasteiger partial charge in [-0.15, -0.1) is 0 Å². The Labute approximate surface area is 316 Å². The van der Waals surface area contributed by atoms with Crippen molar-refractivity contribution in [1.82, 2.24) is 9.80 Å². The lowest BCUT2D eigenvalue weighted by Gasteiger charge is -2.20. The van der Waals surface area contributed by atoms with E-state index in [0.717, 1.165) is 11.1 Å². The van der Waals surface area contributed by atoms with Crippen LogP contribution in [0.2, 0.25) is 0 Å². The summed E-state index contributed by atoms with van der Waals surface area (Å²) < 4.78 is 21.1. The molecule has 13 nitrogen and oxygen atoms in total. The molecule has 0 spiro atoms. The molecule has 286 valence electrons. The minimum Gasteiger partial charge on any atom is -0.444 e. The van der Waals surface area contributed by atoms with Crippen LogP contribution < -0.4 is 10.6 Å². The molecule has 4 amide bonds. The topological polar surface area (TPSA) is 156 Å². The van der Waals surface area contributed by atoms with E-state index >= 15 is 0 Å². The Hall–Kier alpha value is -6.18. The first-order valence-corrected chi connectivity index (χ1v) is 17.1. The number of amides is 4. The largest absolute Gasteiger partial charge is 0.444 e. The molecule has 0 saturated carbocycles. The molecule has 0 heterocycles. The van der Waals surface area contributed by atoms with Gasteiger partial charge < -0.3 is 33.9 Å². The highest BCUT2D eigenvalue weighted by molar-refractivity contribution is 5.85. The standard InChI is InChI=1S/C41H48N4O9/c1-40(2,3)53-36(47)42-34-17-13-29(14-18-34)26-44(7)38(49)51-21-9-11-31-23-32(25-33(24-31)28-46)12-10-22-52-39(50)45(8)27-30-15-19-35(20-16-30)43-37(48)54-41(4,5)6/h13-20,23-25,46H,21-22,26-28H2,1-8H3,(H,42,47)(H,43,48). The number of carbonyl (C=O) groups is 4. The van der Waals surface area contributed by atoms with E-state index in [1.54, 1.807) is 122 Å². The molecule has 0 saturated heterocycles. The molecule has 0 aromatic heterocycles. The third kappa shape index (κ3) is 16.0. The first kappa shape index (κ1) is 42.2. The van der Waals surface area contributed by atoms with E-state index in [-0.39, 0.29) is 32.9 Å². The number of hydrogen-bond acceptors (Lipinski definition) is 9. The van der Waals surface area contributed by atoms with Gasteiger partial charge in [0.2, 0.25) is 0 Å². The summed E-state index contributed by atoms with van der Waals surface area (Å²) in [6, 6.07) is 19.1. The second-order valence-electron chi connectivity index (χ2n) is 14.1. The van der Waals surface area contributed by atoms with Gasteiger partial charge in [-0.1, -0.05) is 47.9 Å². The van der Waals surface area contributed by atoms with E-state index in [1.807, 2.05) is 0 Å². The normalized spacial score (nSPS) is 10.7. The highest BCUT2D eigenvalue weighted by Crippen LogP contribution is 2.16. The zero-order valence-electron chi connectivity index (χ0n) is 32.0. The Bertz CT molecular complexity index is 1760. The lowest BCUT2D eigenvalue weighted by molar-refractivity contribution is 0.0624. The maximum absolute atomic E-state index is 12.5. The fourth-order valence-corrected chi connectivity index (χ4v) is 4.53. The number of aliphatic hydroxyl groups excluding tert-OH is 1. The number of nitrogens with zero attached hydrogens (tertiary/aromatic N) is 2. The molecular formula is C41H48N4O9. The summed E-state index contributed by atoms with van der Waals surface area (Å²) in [6.45, 7) is 10.7. The van der Waals surface area contributed by atoms with Gasteiger partial charge in [-0.3, -0.25) is 10.6 Å². The van der Waals surface area contributed by atoms with E-state index in [4.69, 9.17) is 18.9 Å². The lowest BCUT2D eigenvalue weighted by Crippen LogP contribution is -2.27. The van der Waals surface area contributed by atoms with Crippen molar-refractivity contribution < 1.29 is 43.2 Å². The van der Waals surface area contributed by atoms with E-state index in [2.05, 4.69) is 34.3 Å². The van der Waals surface area contributed by atoms with Crippen molar-refractivity contribution in [1.29, 1.82) is 0 Å². The zero-order chi connectivity index (χ0) is 39.9. The van der Waals surface area contributed by atoms with Crippen molar-refractivity contribution in [2.24, 2.45) is 0 Å². The smallest absolute Gasteiger partial charge is 0.412 e.